The SMILES string of the molecule is CC(=O)NC1CCCN(c2ncnc3c2CN(C)CC3)C1. The van der Waals surface area contributed by atoms with Gasteiger partial charge >= 0.3 is 0 Å². The Morgan fingerprint density at radius 2 is 2.24 bits per heavy atom. The summed E-state index contributed by atoms with van der Waals surface area (Å²) in [4.78, 5) is 24.9. The summed E-state index contributed by atoms with van der Waals surface area (Å²) in [6, 6.07) is 0.225. The van der Waals surface area contributed by atoms with Gasteiger partial charge < -0.3 is 15.1 Å². The maximum absolute atomic E-state index is 11.3. The van der Waals surface area contributed by atoms with Crippen molar-refractivity contribution in [1.29, 1.82) is 0 Å². The van der Waals surface area contributed by atoms with Gasteiger partial charge in [0, 0.05) is 51.1 Å². The Morgan fingerprint density at radius 3 is 3.05 bits per heavy atom. The lowest BCUT2D eigenvalue weighted by molar-refractivity contribution is -0.119. The van der Waals surface area contributed by atoms with Crippen LogP contribution < -0.4 is 10.2 Å². The van der Waals surface area contributed by atoms with Crippen LogP contribution >= 0.6 is 0 Å². The van der Waals surface area contributed by atoms with Crippen LogP contribution in [-0.2, 0) is 17.8 Å². The normalized spacial score (nSPS) is 22.8. The van der Waals surface area contributed by atoms with Gasteiger partial charge in [0.1, 0.15) is 12.1 Å². The Kier molecular flexibility index (Phi) is 4.05. The topological polar surface area (TPSA) is 61.4 Å². The zero-order valence-electron chi connectivity index (χ0n) is 12.8. The zero-order chi connectivity index (χ0) is 14.8. The molecule has 0 aromatic carbocycles. The smallest absolute Gasteiger partial charge is 0.217 e. The highest BCUT2D eigenvalue weighted by Crippen LogP contribution is 2.27. The maximum Gasteiger partial charge on any atom is 0.217 e. The number of aromatic nitrogens is 2. The standard InChI is InChI=1S/C15H23N5O/c1-11(21)18-12-4-3-6-20(8-12)15-13-9-19(2)7-5-14(13)16-10-17-15/h10,12H,3-9H2,1-2H3,(H,18,21). The van der Waals surface area contributed by atoms with E-state index in [0.29, 0.717) is 0 Å². The molecule has 1 unspecified atom stereocenters. The van der Waals surface area contributed by atoms with Gasteiger partial charge in [0.25, 0.3) is 0 Å². The summed E-state index contributed by atoms with van der Waals surface area (Å²) in [7, 11) is 2.13. The molecule has 1 N–H and O–H groups in total. The van der Waals surface area contributed by atoms with Crippen LogP contribution in [0.25, 0.3) is 0 Å². The van der Waals surface area contributed by atoms with Crippen LogP contribution in [0, 0.1) is 0 Å². The third-order valence-corrected chi connectivity index (χ3v) is 4.30. The molecule has 3 rings (SSSR count). The molecule has 114 valence electrons. The molecule has 6 heteroatoms. The highest BCUT2D eigenvalue weighted by Gasteiger charge is 2.26. The average Bonchev–Trinajstić information content (AvgIpc) is 2.46. The van der Waals surface area contributed by atoms with E-state index >= 15 is 0 Å². The first-order chi connectivity index (χ1) is 10.1. The van der Waals surface area contributed by atoms with Crippen molar-refractivity contribution in [3.8, 4) is 0 Å². The van der Waals surface area contributed by atoms with E-state index in [1.807, 2.05) is 0 Å². The average molecular weight is 289 g/mol. The van der Waals surface area contributed by atoms with Crippen molar-refractivity contribution in [1.82, 2.24) is 20.2 Å². The highest BCUT2D eigenvalue weighted by molar-refractivity contribution is 5.73. The minimum atomic E-state index is 0.0475. The van der Waals surface area contributed by atoms with Crippen LogP contribution in [0.1, 0.15) is 31.0 Å². The van der Waals surface area contributed by atoms with Crippen LogP contribution in [-0.4, -0.2) is 53.5 Å². The number of hydrogen-bond acceptors (Lipinski definition) is 5. The van der Waals surface area contributed by atoms with E-state index < -0.39 is 0 Å². The van der Waals surface area contributed by atoms with Gasteiger partial charge in [-0.15, -0.1) is 0 Å². The van der Waals surface area contributed by atoms with E-state index in [2.05, 4.69) is 32.1 Å². The molecule has 1 saturated heterocycles. The third kappa shape index (κ3) is 3.15. The summed E-state index contributed by atoms with van der Waals surface area (Å²) in [6.07, 6.45) is 4.80. The minimum absolute atomic E-state index is 0.0475. The summed E-state index contributed by atoms with van der Waals surface area (Å²) in [5.74, 6) is 1.10. The lowest BCUT2D eigenvalue weighted by Gasteiger charge is -2.36. The predicted molar refractivity (Wildman–Crippen MR) is 81.1 cm³/mol. The molecule has 0 bridgehead atoms. The second-order valence-corrected chi connectivity index (χ2v) is 6.10. The van der Waals surface area contributed by atoms with Crippen LogP contribution in [0.5, 0.6) is 0 Å². The number of anilines is 1. The van der Waals surface area contributed by atoms with E-state index in [0.717, 1.165) is 51.3 Å². The number of likely N-dealkylation sites (N-methyl/N-ethyl adjacent to an activating group) is 1. The van der Waals surface area contributed by atoms with Crippen molar-refractivity contribution in [2.75, 3.05) is 31.6 Å². The summed E-state index contributed by atoms with van der Waals surface area (Å²) >= 11 is 0. The molecule has 2 aliphatic rings. The monoisotopic (exact) mass is 289 g/mol. The van der Waals surface area contributed by atoms with E-state index in [4.69, 9.17) is 0 Å². The molecular formula is C15H23N5O. The third-order valence-electron chi connectivity index (χ3n) is 4.30. The fourth-order valence-corrected chi connectivity index (χ4v) is 3.31. The van der Waals surface area contributed by atoms with Crippen LogP contribution in [0.3, 0.4) is 0 Å². The number of fused-ring (bicyclic) bond motifs is 1. The number of hydrogen-bond donors (Lipinski definition) is 1. The number of rotatable bonds is 2. The van der Waals surface area contributed by atoms with E-state index in [1.165, 1.54) is 11.3 Å². The van der Waals surface area contributed by atoms with Crippen molar-refractivity contribution in [2.45, 2.75) is 38.8 Å². The van der Waals surface area contributed by atoms with Gasteiger partial charge in [0.2, 0.25) is 5.91 Å². The van der Waals surface area contributed by atoms with Gasteiger partial charge in [-0.1, -0.05) is 0 Å². The molecule has 6 nitrogen and oxygen atoms in total. The molecule has 21 heavy (non-hydrogen) atoms. The van der Waals surface area contributed by atoms with E-state index in [1.54, 1.807) is 13.3 Å². The van der Waals surface area contributed by atoms with Gasteiger partial charge in [-0.25, -0.2) is 9.97 Å². The van der Waals surface area contributed by atoms with E-state index in [9.17, 15) is 4.79 Å². The lowest BCUT2D eigenvalue weighted by atomic mass is 10.0. The molecule has 0 aliphatic carbocycles. The molecule has 3 heterocycles. The summed E-state index contributed by atoms with van der Waals surface area (Å²) < 4.78 is 0. The zero-order valence-corrected chi connectivity index (χ0v) is 12.8. The number of carbonyl (C=O) groups is 1. The number of nitrogens with one attached hydrogen (secondary N) is 1. The second kappa shape index (κ2) is 5.97. The van der Waals surface area contributed by atoms with Crippen molar-refractivity contribution in [3.63, 3.8) is 0 Å². The molecule has 1 aromatic rings. The maximum atomic E-state index is 11.3. The van der Waals surface area contributed by atoms with Crippen molar-refractivity contribution in [2.24, 2.45) is 0 Å². The summed E-state index contributed by atoms with van der Waals surface area (Å²) in [5.41, 5.74) is 2.44. The molecular weight excluding hydrogens is 266 g/mol. The van der Waals surface area contributed by atoms with Gasteiger partial charge in [0.15, 0.2) is 0 Å². The Hall–Kier alpha value is -1.69. The second-order valence-electron chi connectivity index (χ2n) is 6.10. The Bertz CT molecular complexity index is 533. The van der Waals surface area contributed by atoms with Gasteiger partial charge in [0.05, 0.1) is 5.69 Å². The fraction of sp³-hybridized carbons (Fsp3) is 0.667. The predicted octanol–water partition coefficient (Wildman–Crippen LogP) is 0.569. The van der Waals surface area contributed by atoms with Crippen LogP contribution in [0.4, 0.5) is 5.82 Å². The highest BCUT2D eigenvalue weighted by atomic mass is 16.1. The quantitative estimate of drug-likeness (QED) is 0.862. The Morgan fingerprint density at radius 1 is 1.38 bits per heavy atom. The first-order valence-electron chi connectivity index (χ1n) is 7.67. The summed E-state index contributed by atoms with van der Waals surface area (Å²) in [5, 5.41) is 3.04. The summed E-state index contributed by atoms with van der Waals surface area (Å²) in [6.45, 7) is 5.39. The molecule has 1 atom stereocenters. The van der Waals surface area contributed by atoms with E-state index in [-0.39, 0.29) is 11.9 Å². The molecule has 1 aromatic heterocycles. The van der Waals surface area contributed by atoms with Gasteiger partial charge in [-0.3, -0.25) is 4.79 Å². The van der Waals surface area contributed by atoms with Crippen molar-refractivity contribution >= 4 is 11.7 Å². The largest absolute Gasteiger partial charge is 0.354 e. The van der Waals surface area contributed by atoms with Crippen LogP contribution in [0.15, 0.2) is 6.33 Å². The van der Waals surface area contributed by atoms with Gasteiger partial charge in [-0.05, 0) is 19.9 Å². The van der Waals surface area contributed by atoms with Crippen LogP contribution in [0.2, 0.25) is 0 Å². The minimum Gasteiger partial charge on any atom is -0.354 e. The number of piperidine rings is 1. The van der Waals surface area contributed by atoms with Gasteiger partial charge in [-0.2, -0.15) is 0 Å². The number of carbonyl (C=O) groups excluding carboxylic acids is 1. The molecule has 1 fully saturated rings. The van der Waals surface area contributed by atoms with Crippen molar-refractivity contribution in [3.05, 3.63) is 17.6 Å². The first-order valence-corrected chi connectivity index (χ1v) is 7.67. The Labute approximate surface area is 125 Å². The molecule has 0 spiro atoms. The molecule has 2 aliphatic heterocycles. The molecule has 0 radical (unpaired) electrons. The van der Waals surface area contributed by atoms with Crippen molar-refractivity contribution < 1.29 is 4.79 Å². The number of amides is 1. The first kappa shape index (κ1) is 14.3. The number of nitrogens with zero attached hydrogens (tertiary/aromatic N) is 4. The Balaban J connectivity index is 1.81. The lowest BCUT2D eigenvalue weighted by Crippen LogP contribution is -2.48. The molecule has 0 saturated carbocycles. The fourth-order valence-electron chi connectivity index (χ4n) is 3.31. The molecule has 1 amide bonds.